The highest BCUT2D eigenvalue weighted by Crippen LogP contribution is 1.95. The second-order valence-electron chi connectivity index (χ2n) is 3.22. The number of carbonyl (C=O) groups is 1. The zero-order valence-corrected chi connectivity index (χ0v) is 8.41. The van der Waals surface area contributed by atoms with E-state index in [-0.39, 0.29) is 17.5 Å². The molecule has 0 spiro atoms. The monoisotopic (exact) mass is 204 g/mol. The number of pyridine rings is 1. The summed E-state index contributed by atoms with van der Waals surface area (Å²) in [6.45, 7) is 1.81. The highest BCUT2D eigenvalue weighted by atomic mass is 16.2. The zero-order valence-electron chi connectivity index (χ0n) is 8.41. The van der Waals surface area contributed by atoms with Crippen LogP contribution in [0.1, 0.15) is 23.7 Å². The van der Waals surface area contributed by atoms with Gasteiger partial charge in [0, 0.05) is 30.3 Å². The van der Waals surface area contributed by atoms with Crippen LogP contribution in [0.4, 0.5) is 0 Å². The van der Waals surface area contributed by atoms with E-state index in [2.05, 4.69) is 16.2 Å². The van der Waals surface area contributed by atoms with Crippen molar-refractivity contribution in [2.24, 2.45) is 0 Å². The number of nitrogens with one attached hydrogen (secondary N) is 2. The number of amides is 1. The molecule has 1 rings (SSSR count). The van der Waals surface area contributed by atoms with Crippen LogP contribution in [0, 0.1) is 12.3 Å². The molecule has 0 aliphatic carbocycles. The first-order valence-electron chi connectivity index (χ1n) is 4.56. The Morgan fingerprint density at radius 2 is 2.47 bits per heavy atom. The van der Waals surface area contributed by atoms with Crippen LogP contribution < -0.4 is 10.9 Å². The van der Waals surface area contributed by atoms with E-state index in [0.717, 1.165) is 0 Å². The van der Waals surface area contributed by atoms with Gasteiger partial charge < -0.3 is 10.3 Å². The lowest BCUT2D eigenvalue weighted by Gasteiger charge is -2.10. The third kappa shape index (κ3) is 3.31. The van der Waals surface area contributed by atoms with E-state index in [1.165, 1.54) is 12.3 Å². The largest absolute Gasteiger partial charge is 0.349 e. The van der Waals surface area contributed by atoms with Gasteiger partial charge in [-0.3, -0.25) is 9.59 Å². The SMILES string of the molecule is C#CCC(C)NC(=O)c1cc[nH]c(=O)c1. The number of aromatic nitrogens is 1. The first kappa shape index (κ1) is 11.1. The average molecular weight is 204 g/mol. The molecule has 0 radical (unpaired) electrons. The molecule has 4 nitrogen and oxygen atoms in total. The highest BCUT2D eigenvalue weighted by Gasteiger charge is 2.08. The minimum Gasteiger partial charge on any atom is -0.349 e. The molecular weight excluding hydrogens is 192 g/mol. The lowest BCUT2D eigenvalue weighted by molar-refractivity contribution is 0.0940. The van der Waals surface area contributed by atoms with Crippen LogP contribution in [0.15, 0.2) is 23.1 Å². The van der Waals surface area contributed by atoms with Gasteiger partial charge in [-0.1, -0.05) is 0 Å². The lowest BCUT2D eigenvalue weighted by atomic mass is 10.2. The predicted octanol–water partition coefficient (Wildman–Crippen LogP) is 0.517. The van der Waals surface area contributed by atoms with E-state index in [1.54, 1.807) is 6.07 Å². The Hall–Kier alpha value is -2.02. The zero-order chi connectivity index (χ0) is 11.3. The molecule has 0 bridgehead atoms. The number of terminal acetylenes is 1. The molecule has 15 heavy (non-hydrogen) atoms. The third-order valence-electron chi connectivity index (χ3n) is 1.84. The fourth-order valence-corrected chi connectivity index (χ4v) is 1.12. The molecule has 0 aliphatic heterocycles. The van der Waals surface area contributed by atoms with Gasteiger partial charge in [0.1, 0.15) is 0 Å². The number of rotatable bonds is 3. The maximum atomic E-state index is 11.5. The summed E-state index contributed by atoms with van der Waals surface area (Å²) >= 11 is 0. The van der Waals surface area contributed by atoms with Crippen molar-refractivity contribution in [1.29, 1.82) is 0 Å². The second-order valence-corrected chi connectivity index (χ2v) is 3.22. The van der Waals surface area contributed by atoms with Crippen LogP contribution in [0.3, 0.4) is 0 Å². The van der Waals surface area contributed by atoms with Gasteiger partial charge in [0.05, 0.1) is 0 Å². The van der Waals surface area contributed by atoms with Crippen molar-refractivity contribution in [1.82, 2.24) is 10.3 Å². The molecule has 0 aromatic carbocycles. The first-order valence-corrected chi connectivity index (χ1v) is 4.56. The van der Waals surface area contributed by atoms with E-state index in [1.807, 2.05) is 6.92 Å². The molecule has 1 unspecified atom stereocenters. The van der Waals surface area contributed by atoms with Gasteiger partial charge >= 0.3 is 0 Å². The lowest BCUT2D eigenvalue weighted by Crippen LogP contribution is -2.32. The van der Waals surface area contributed by atoms with Gasteiger partial charge in [-0.25, -0.2) is 0 Å². The van der Waals surface area contributed by atoms with Crippen molar-refractivity contribution in [3.8, 4) is 12.3 Å². The van der Waals surface area contributed by atoms with Crippen molar-refractivity contribution in [3.05, 3.63) is 34.2 Å². The van der Waals surface area contributed by atoms with Gasteiger partial charge in [0.25, 0.3) is 5.91 Å². The summed E-state index contributed by atoms with van der Waals surface area (Å²) in [6, 6.07) is 2.69. The van der Waals surface area contributed by atoms with Crippen LogP contribution in [-0.2, 0) is 0 Å². The fraction of sp³-hybridized carbons (Fsp3) is 0.273. The first-order chi connectivity index (χ1) is 7.13. The summed E-state index contributed by atoms with van der Waals surface area (Å²) in [4.78, 5) is 24.9. The third-order valence-corrected chi connectivity index (χ3v) is 1.84. The Balaban J connectivity index is 2.70. The molecule has 1 heterocycles. The van der Waals surface area contributed by atoms with Crippen molar-refractivity contribution in [3.63, 3.8) is 0 Å². The quantitative estimate of drug-likeness (QED) is 0.705. The van der Waals surface area contributed by atoms with E-state index < -0.39 is 0 Å². The molecule has 0 fully saturated rings. The van der Waals surface area contributed by atoms with Gasteiger partial charge in [0.2, 0.25) is 5.56 Å². The molecule has 1 aromatic heterocycles. The van der Waals surface area contributed by atoms with Crippen LogP contribution >= 0.6 is 0 Å². The van der Waals surface area contributed by atoms with E-state index in [0.29, 0.717) is 12.0 Å². The standard InChI is InChI=1S/C11H12N2O2/c1-3-4-8(2)13-11(15)9-5-6-12-10(14)7-9/h1,5-8H,4H2,2H3,(H,12,14)(H,13,15). The van der Waals surface area contributed by atoms with E-state index in [4.69, 9.17) is 6.42 Å². The Bertz CT molecular complexity index is 442. The average Bonchev–Trinajstić information content (AvgIpc) is 2.18. The molecule has 1 amide bonds. The summed E-state index contributed by atoms with van der Waals surface area (Å²) in [5.41, 5.74) is 0.0369. The number of hydrogen-bond donors (Lipinski definition) is 2. The number of carbonyl (C=O) groups excluding carboxylic acids is 1. The summed E-state index contributed by atoms with van der Waals surface area (Å²) in [5.74, 6) is 2.16. The fourth-order valence-electron chi connectivity index (χ4n) is 1.12. The minimum absolute atomic E-state index is 0.0956. The Labute approximate surface area is 87.7 Å². The Kier molecular flexibility index (Phi) is 3.69. The van der Waals surface area contributed by atoms with Crippen LogP contribution in [0.2, 0.25) is 0 Å². The maximum Gasteiger partial charge on any atom is 0.251 e. The number of hydrogen-bond acceptors (Lipinski definition) is 2. The number of H-pyrrole nitrogens is 1. The maximum absolute atomic E-state index is 11.5. The highest BCUT2D eigenvalue weighted by molar-refractivity contribution is 5.94. The molecule has 4 heteroatoms. The molecule has 0 saturated heterocycles. The summed E-state index contributed by atoms with van der Waals surface area (Å²) < 4.78 is 0. The summed E-state index contributed by atoms with van der Waals surface area (Å²) in [6.07, 6.45) is 7.01. The smallest absolute Gasteiger partial charge is 0.251 e. The molecule has 0 aliphatic rings. The van der Waals surface area contributed by atoms with Crippen molar-refractivity contribution < 1.29 is 4.79 Å². The molecule has 2 N–H and O–H groups in total. The van der Waals surface area contributed by atoms with E-state index >= 15 is 0 Å². The molecule has 1 atom stereocenters. The van der Waals surface area contributed by atoms with E-state index in [9.17, 15) is 9.59 Å². The predicted molar refractivity (Wildman–Crippen MR) is 57.4 cm³/mol. The minimum atomic E-state index is -0.299. The normalized spacial score (nSPS) is 11.5. The van der Waals surface area contributed by atoms with Gasteiger partial charge in [-0.15, -0.1) is 12.3 Å². The van der Waals surface area contributed by atoms with Crippen LogP contribution in [-0.4, -0.2) is 16.9 Å². The van der Waals surface area contributed by atoms with Crippen LogP contribution in [0.25, 0.3) is 0 Å². The molecule has 78 valence electrons. The van der Waals surface area contributed by atoms with Gasteiger partial charge in [-0.05, 0) is 13.0 Å². The Morgan fingerprint density at radius 3 is 3.07 bits per heavy atom. The van der Waals surface area contributed by atoms with Crippen molar-refractivity contribution in [2.75, 3.05) is 0 Å². The molecular formula is C11H12N2O2. The summed E-state index contributed by atoms with van der Waals surface area (Å²) in [7, 11) is 0. The second kappa shape index (κ2) is 5.01. The van der Waals surface area contributed by atoms with Crippen molar-refractivity contribution >= 4 is 5.91 Å². The molecule has 1 aromatic rings. The number of aromatic amines is 1. The molecule has 0 saturated carbocycles. The van der Waals surface area contributed by atoms with Crippen molar-refractivity contribution in [2.45, 2.75) is 19.4 Å². The van der Waals surface area contributed by atoms with Gasteiger partial charge in [-0.2, -0.15) is 0 Å². The van der Waals surface area contributed by atoms with Crippen LogP contribution in [0.5, 0.6) is 0 Å². The summed E-state index contributed by atoms with van der Waals surface area (Å²) in [5, 5.41) is 2.69. The Morgan fingerprint density at radius 1 is 1.73 bits per heavy atom. The topological polar surface area (TPSA) is 62.0 Å². The van der Waals surface area contributed by atoms with Gasteiger partial charge in [0.15, 0.2) is 0 Å².